The van der Waals surface area contributed by atoms with Crippen molar-refractivity contribution in [2.24, 2.45) is 0 Å². The molecule has 2 aromatic rings. The molecule has 2 aromatic carbocycles. The molecular weight excluding hydrogens is 362 g/mol. The van der Waals surface area contributed by atoms with Crippen molar-refractivity contribution in [1.82, 2.24) is 9.80 Å². The van der Waals surface area contributed by atoms with Crippen LogP contribution in [0.3, 0.4) is 0 Å². The van der Waals surface area contributed by atoms with E-state index in [2.05, 4.69) is 49.1 Å². The molecule has 2 heterocycles. The molecule has 5 nitrogen and oxygen atoms in total. The number of carbonyl (C=O) groups excluding carboxylic acids is 2. The molecule has 0 radical (unpaired) electrons. The minimum atomic E-state index is -0.198. The lowest BCUT2D eigenvalue weighted by molar-refractivity contribution is -0.133. The molecule has 0 saturated carbocycles. The maximum absolute atomic E-state index is 13.0. The summed E-state index contributed by atoms with van der Waals surface area (Å²) < 4.78 is 0. The molecule has 1 saturated heterocycles. The van der Waals surface area contributed by atoms with E-state index < -0.39 is 0 Å². The van der Waals surface area contributed by atoms with E-state index in [0.29, 0.717) is 19.5 Å². The average Bonchev–Trinajstić information content (AvgIpc) is 2.72. The molecule has 0 aliphatic carbocycles. The van der Waals surface area contributed by atoms with Crippen molar-refractivity contribution in [3.8, 4) is 0 Å². The Morgan fingerprint density at radius 3 is 2.31 bits per heavy atom. The normalized spacial score (nSPS) is 19.2. The number of fused-ring (bicyclic) bond motifs is 1. The highest BCUT2D eigenvalue weighted by atomic mass is 16.2. The quantitative estimate of drug-likeness (QED) is 0.805. The number of para-hydroxylation sites is 1. The Morgan fingerprint density at radius 2 is 1.59 bits per heavy atom. The Labute approximate surface area is 172 Å². The van der Waals surface area contributed by atoms with Gasteiger partial charge in [-0.15, -0.1) is 0 Å². The van der Waals surface area contributed by atoms with Gasteiger partial charge in [0, 0.05) is 50.2 Å². The number of amides is 2. The van der Waals surface area contributed by atoms with Crippen LogP contribution in [0.15, 0.2) is 54.6 Å². The van der Waals surface area contributed by atoms with Gasteiger partial charge >= 0.3 is 0 Å². The van der Waals surface area contributed by atoms with Crippen LogP contribution in [0.4, 0.5) is 5.69 Å². The summed E-state index contributed by atoms with van der Waals surface area (Å²) in [5.41, 5.74) is 3.12. The van der Waals surface area contributed by atoms with Crippen LogP contribution < -0.4 is 4.90 Å². The fourth-order valence-electron chi connectivity index (χ4n) is 4.39. The third kappa shape index (κ3) is 4.20. The van der Waals surface area contributed by atoms with Crippen molar-refractivity contribution < 1.29 is 9.59 Å². The lowest BCUT2D eigenvalue weighted by Gasteiger charge is -2.40. The van der Waals surface area contributed by atoms with Gasteiger partial charge < -0.3 is 9.80 Å². The summed E-state index contributed by atoms with van der Waals surface area (Å²) in [6.07, 6.45) is 0.433. The number of hydrogen-bond acceptors (Lipinski definition) is 3. The van der Waals surface area contributed by atoms with Gasteiger partial charge in [0.15, 0.2) is 0 Å². The summed E-state index contributed by atoms with van der Waals surface area (Å²) in [6.45, 7) is 8.36. The van der Waals surface area contributed by atoms with E-state index in [4.69, 9.17) is 0 Å². The molecule has 0 bridgehead atoms. The fourth-order valence-corrected chi connectivity index (χ4v) is 4.39. The highest BCUT2D eigenvalue weighted by Crippen LogP contribution is 2.39. The summed E-state index contributed by atoms with van der Waals surface area (Å²) in [5.74, 6) is 0.0667. The van der Waals surface area contributed by atoms with Crippen molar-refractivity contribution in [3.05, 3.63) is 65.7 Å². The van der Waals surface area contributed by atoms with Crippen LogP contribution in [0.2, 0.25) is 0 Å². The van der Waals surface area contributed by atoms with E-state index in [9.17, 15) is 9.59 Å². The summed E-state index contributed by atoms with van der Waals surface area (Å²) in [7, 11) is 0. The fraction of sp³-hybridized carbons (Fsp3) is 0.417. The number of nitrogens with zero attached hydrogens (tertiary/aromatic N) is 3. The summed E-state index contributed by atoms with van der Waals surface area (Å²) in [6, 6.07) is 18.4. The largest absolute Gasteiger partial charge is 0.339 e. The van der Waals surface area contributed by atoms with Gasteiger partial charge in [-0.3, -0.25) is 14.5 Å². The van der Waals surface area contributed by atoms with Crippen molar-refractivity contribution in [1.29, 1.82) is 0 Å². The Hall–Kier alpha value is -2.66. The topological polar surface area (TPSA) is 43.9 Å². The predicted molar refractivity (Wildman–Crippen MR) is 115 cm³/mol. The molecule has 152 valence electrons. The molecule has 0 spiro atoms. The molecule has 2 aliphatic rings. The highest BCUT2D eigenvalue weighted by Gasteiger charge is 2.37. The van der Waals surface area contributed by atoms with E-state index in [1.807, 2.05) is 29.2 Å². The van der Waals surface area contributed by atoms with Gasteiger partial charge in [0.2, 0.25) is 11.8 Å². The van der Waals surface area contributed by atoms with E-state index in [1.165, 1.54) is 5.56 Å². The van der Waals surface area contributed by atoms with Crippen LogP contribution in [-0.2, 0) is 21.5 Å². The van der Waals surface area contributed by atoms with Crippen molar-refractivity contribution in [3.63, 3.8) is 0 Å². The Balaban J connectivity index is 1.38. The summed E-state index contributed by atoms with van der Waals surface area (Å²) in [5, 5.41) is 0. The third-order valence-corrected chi connectivity index (χ3v) is 6.09. The van der Waals surface area contributed by atoms with Crippen LogP contribution in [0.1, 0.15) is 31.4 Å². The Morgan fingerprint density at radius 1 is 0.931 bits per heavy atom. The summed E-state index contributed by atoms with van der Waals surface area (Å²) in [4.78, 5) is 31.7. The summed E-state index contributed by atoms with van der Waals surface area (Å²) >= 11 is 0. The lowest BCUT2D eigenvalue weighted by atomic mass is 9.77. The van der Waals surface area contributed by atoms with Gasteiger partial charge in [-0.1, -0.05) is 62.4 Å². The Kier molecular flexibility index (Phi) is 5.41. The van der Waals surface area contributed by atoms with Crippen LogP contribution in [0.5, 0.6) is 0 Å². The zero-order valence-corrected chi connectivity index (χ0v) is 17.3. The zero-order valence-electron chi connectivity index (χ0n) is 17.3. The SMILES string of the molecule is CC1(C)CC(=O)N(CC(=O)N2CCN(Cc3ccccc3)CC2)c2ccccc21. The predicted octanol–water partition coefficient (Wildman–Crippen LogP) is 3.05. The standard InChI is InChI=1S/C24H29N3O2/c1-24(2)16-22(28)27(21-11-7-6-10-20(21)24)18-23(29)26-14-12-25(13-15-26)17-19-8-4-3-5-9-19/h3-11H,12-18H2,1-2H3. The third-order valence-electron chi connectivity index (χ3n) is 6.09. The molecule has 5 heteroatoms. The van der Waals surface area contributed by atoms with Gasteiger partial charge in [-0.2, -0.15) is 0 Å². The maximum Gasteiger partial charge on any atom is 0.242 e. The van der Waals surface area contributed by atoms with E-state index in [-0.39, 0.29) is 23.8 Å². The lowest BCUT2D eigenvalue weighted by Crippen LogP contribution is -2.53. The first-order chi connectivity index (χ1) is 13.9. The zero-order chi connectivity index (χ0) is 20.4. The number of rotatable bonds is 4. The van der Waals surface area contributed by atoms with E-state index in [0.717, 1.165) is 30.9 Å². The molecule has 2 aliphatic heterocycles. The van der Waals surface area contributed by atoms with Gasteiger partial charge in [0.05, 0.1) is 0 Å². The minimum absolute atomic E-state index is 0.0322. The highest BCUT2D eigenvalue weighted by molar-refractivity contribution is 6.02. The monoisotopic (exact) mass is 391 g/mol. The second-order valence-corrected chi connectivity index (χ2v) is 8.70. The number of anilines is 1. The molecule has 0 atom stereocenters. The number of carbonyl (C=O) groups is 2. The first-order valence-corrected chi connectivity index (χ1v) is 10.4. The van der Waals surface area contributed by atoms with Gasteiger partial charge in [0.25, 0.3) is 0 Å². The van der Waals surface area contributed by atoms with Gasteiger partial charge in [-0.25, -0.2) is 0 Å². The van der Waals surface area contributed by atoms with Crippen LogP contribution in [0, 0.1) is 0 Å². The van der Waals surface area contributed by atoms with Crippen molar-refractivity contribution in [2.45, 2.75) is 32.2 Å². The number of hydrogen-bond donors (Lipinski definition) is 0. The van der Waals surface area contributed by atoms with Crippen molar-refractivity contribution in [2.75, 3.05) is 37.6 Å². The second kappa shape index (κ2) is 7.99. The van der Waals surface area contributed by atoms with Gasteiger partial charge in [0.1, 0.15) is 6.54 Å². The van der Waals surface area contributed by atoms with Gasteiger partial charge in [-0.05, 0) is 17.2 Å². The van der Waals surface area contributed by atoms with E-state index >= 15 is 0 Å². The number of benzene rings is 2. The average molecular weight is 392 g/mol. The van der Waals surface area contributed by atoms with Crippen molar-refractivity contribution >= 4 is 17.5 Å². The molecule has 4 rings (SSSR count). The first-order valence-electron chi connectivity index (χ1n) is 10.4. The molecule has 0 aromatic heterocycles. The number of piperazine rings is 1. The molecular formula is C24H29N3O2. The maximum atomic E-state index is 13.0. The van der Waals surface area contributed by atoms with Crippen LogP contribution in [0.25, 0.3) is 0 Å². The molecule has 29 heavy (non-hydrogen) atoms. The molecule has 1 fully saturated rings. The van der Waals surface area contributed by atoms with Crippen LogP contribution >= 0.6 is 0 Å². The molecule has 0 unspecified atom stereocenters. The Bertz CT molecular complexity index is 886. The molecule has 0 N–H and O–H groups in total. The minimum Gasteiger partial charge on any atom is -0.339 e. The van der Waals surface area contributed by atoms with Crippen LogP contribution in [-0.4, -0.2) is 54.3 Å². The van der Waals surface area contributed by atoms with E-state index in [1.54, 1.807) is 4.90 Å². The second-order valence-electron chi connectivity index (χ2n) is 8.70. The molecule has 2 amide bonds. The first kappa shape index (κ1) is 19.6. The smallest absolute Gasteiger partial charge is 0.242 e.